The molecule has 0 radical (unpaired) electrons. The highest BCUT2D eigenvalue weighted by Gasteiger charge is 2.26. The molecule has 1 aromatic rings. The Bertz CT molecular complexity index is 407. The molecule has 1 aliphatic rings. The van der Waals surface area contributed by atoms with E-state index in [4.69, 9.17) is 0 Å². The zero-order valence-electron chi connectivity index (χ0n) is 12.8. The van der Waals surface area contributed by atoms with Gasteiger partial charge in [0, 0.05) is 19.0 Å². The van der Waals surface area contributed by atoms with Crippen LogP contribution in [0.1, 0.15) is 51.5 Å². The summed E-state index contributed by atoms with van der Waals surface area (Å²) in [6.45, 7) is 5.13. The molecule has 0 saturated heterocycles. The van der Waals surface area contributed by atoms with Gasteiger partial charge >= 0.3 is 0 Å². The lowest BCUT2D eigenvalue weighted by atomic mass is 10.1. The maximum Gasteiger partial charge on any atom is 0.223 e. The predicted octanol–water partition coefficient (Wildman–Crippen LogP) is 4.05. The highest BCUT2D eigenvalue weighted by atomic mass is 16.2. The van der Waals surface area contributed by atoms with Crippen molar-refractivity contribution in [2.45, 2.75) is 58.4 Å². The first kappa shape index (κ1) is 15.1. The minimum absolute atomic E-state index is 0.350. The van der Waals surface area contributed by atoms with Gasteiger partial charge in [-0.2, -0.15) is 0 Å². The van der Waals surface area contributed by atoms with Crippen molar-refractivity contribution in [3.8, 4) is 0 Å². The number of rotatable bonds is 6. The van der Waals surface area contributed by atoms with Crippen LogP contribution in [0.4, 0.5) is 0 Å². The molecule has 2 heteroatoms. The second-order valence-electron chi connectivity index (χ2n) is 6.36. The van der Waals surface area contributed by atoms with Crippen LogP contribution in [0.25, 0.3) is 0 Å². The molecule has 0 aromatic heterocycles. The summed E-state index contributed by atoms with van der Waals surface area (Å²) in [5, 5.41) is 0. The van der Waals surface area contributed by atoms with Gasteiger partial charge in [0.2, 0.25) is 5.91 Å². The van der Waals surface area contributed by atoms with Crippen LogP contribution in [-0.2, 0) is 11.2 Å². The van der Waals surface area contributed by atoms with E-state index in [1.165, 1.54) is 31.2 Å². The third-order valence-corrected chi connectivity index (χ3v) is 4.15. The van der Waals surface area contributed by atoms with Crippen LogP contribution in [0, 0.1) is 5.92 Å². The maximum absolute atomic E-state index is 12.5. The summed E-state index contributed by atoms with van der Waals surface area (Å²) in [4.78, 5) is 14.7. The average molecular weight is 273 g/mol. The van der Waals surface area contributed by atoms with Crippen molar-refractivity contribution in [3.63, 3.8) is 0 Å². The normalized spacial score (nSPS) is 15.8. The van der Waals surface area contributed by atoms with E-state index in [0.29, 0.717) is 24.3 Å². The minimum atomic E-state index is 0.350. The second-order valence-corrected chi connectivity index (χ2v) is 6.36. The first-order valence-electron chi connectivity index (χ1n) is 8.00. The van der Waals surface area contributed by atoms with Gasteiger partial charge in [-0.05, 0) is 30.7 Å². The molecule has 20 heavy (non-hydrogen) atoms. The van der Waals surface area contributed by atoms with Crippen molar-refractivity contribution in [2.24, 2.45) is 5.92 Å². The van der Waals surface area contributed by atoms with Crippen molar-refractivity contribution >= 4 is 5.91 Å². The monoisotopic (exact) mass is 273 g/mol. The Morgan fingerprint density at radius 1 is 1.20 bits per heavy atom. The van der Waals surface area contributed by atoms with Gasteiger partial charge in [0.1, 0.15) is 0 Å². The van der Waals surface area contributed by atoms with Crippen molar-refractivity contribution in [3.05, 3.63) is 35.9 Å². The van der Waals surface area contributed by atoms with E-state index in [1.54, 1.807) is 0 Å². The molecule has 1 aliphatic carbocycles. The Kier molecular flexibility index (Phi) is 5.63. The first-order chi connectivity index (χ1) is 9.66. The molecular weight excluding hydrogens is 246 g/mol. The molecule has 0 N–H and O–H groups in total. The topological polar surface area (TPSA) is 20.3 Å². The Morgan fingerprint density at radius 3 is 2.45 bits per heavy atom. The fourth-order valence-corrected chi connectivity index (χ4v) is 3.09. The van der Waals surface area contributed by atoms with E-state index in [1.807, 2.05) is 6.07 Å². The number of benzene rings is 1. The zero-order chi connectivity index (χ0) is 14.4. The number of nitrogens with zero attached hydrogens (tertiary/aromatic N) is 1. The number of carbonyl (C=O) groups is 1. The van der Waals surface area contributed by atoms with Crippen LogP contribution in [0.15, 0.2) is 30.3 Å². The van der Waals surface area contributed by atoms with Crippen LogP contribution >= 0.6 is 0 Å². The Labute approximate surface area is 123 Å². The third-order valence-electron chi connectivity index (χ3n) is 4.15. The highest BCUT2D eigenvalue weighted by Crippen LogP contribution is 2.25. The fraction of sp³-hybridized carbons (Fsp3) is 0.611. The van der Waals surface area contributed by atoms with Crippen LogP contribution < -0.4 is 0 Å². The summed E-state index contributed by atoms with van der Waals surface area (Å²) >= 11 is 0. The molecule has 0 aliphatic heterocycles. The molecule has 1 amide bonds. The number of hydrogen-bond donors (Lipinski definition) is 0. The SMILES string of the molecule is CC(C)CC(=O)N(CCc1ccccc1)C1CCCC1. The number of amides is 1. The molecule has 1 fully saturated rings. The van der Waals surface area contributed by atoms with E-state index >= 15 is 0 Å². The molecule has 0 heterocycles. The third kappa shape index (κ3) is 4.36. The number of carbonyl (C=O) groups excluding carboxylic acids is 1. The molecule has 2 rings (SSSR count). The molecule has 0 bridgehead atoms. The van der Waals surface area contributed by atoms with Crippen molar-refractivity contribution in [1.82, 2.24) is 4.90 Å². The quantitative estimate of drug-likeness (QED) is 0.766. The summed E-state index contributed by atoms with van der Waals surface area (Å²) in [6.07, 6.45) is 6.60. The lowest BCUT2D eigenvalue weighted by Gasteiger charge is -2.30. The summed E-state index contributed by atoms with van der Waals surface area (Å²) in [5.74, 6) is 0.797. The first-order valence-corrected chi connectivity index (χ1v) is 8.00. The van der Waals surface area contributed by atoms with Gasteiger partial charge < -0.3 is 4.90 Å². The molecule has 0 atom stereocenters. The molecular formula is C18H27NO. The highest BCUT2D eigenvalue weighted by molar-refractivity contribution is 5.76. The number of hydrogen-bond acceptors (Lipinski definition) is 1. The smallest absolute Gasteiger partial charge is 0.223 e. The Hall–Kier alpha value is -1.31. The maximum atomic E-state index is 12.5. The Balaban J connectivity index is 1.96. The van der Waals surface area contributed by atoms with Gasteiger partial charge in [-0.1, -0.05) is 57.0 Å². The van der Waals surface area contributed by atoms with Gasteiger partial charge in [0.05, 0.1) is 0 Å². The molecule has 1 saturated carbocycles. The van der Waals surface area contributed by atoms with Gasteiger partial charge in [0.15, 0.2) is 0 Å². The van der Waals surface area contributed by atoms with Crippen molar-refractivity contribution in [2.75, 3.05) is 6.54 Å². The van der Waals surface area contributed by atoms with Crippen molar-refractivity contribution in [1.29, 1.82) is 0 Å². The summed E-state index contributed by atoms with van der Waals surface area (Å²) in [5.41, 5.74) is 1.33. The standard InChI is InChI=1S/C18H27NO/c1-15(2)14-18(20)19(17-10-6-7-11-17)13-12-16-8-4-3-5-9-16/h3-5,8-9,15,17H,6-7,10-14H2,1-2H3. The minimum Gasteiger partial charge on any atom is -0.339 e. The lowest BCUT2D eigenvalue weighted by Crippen LogP contribution is -2.40. The summed E-state index contributed by atoms with van der Waals surface area (Å²) in [6, 6.07) is 11.0. The molecule has 1 aromatic carbocycles. The largest absolute Gasteiger partial charge is 0.339 e. The molecule has 2 nitrogen and oxygen atoms in total. The summed E-state index contributed by atoms with van der Waals surface area (Å²) < 4.78 is 0. The van der Waals surface area contributed by atoms with E-state index in [-0.39, 0.29) is 0 Å². The van der Waals surface area contributed by atoms with Crippen LogP contribution in [0.5, 0.6) is 0 Å². The molecule has 110 valence electrons. The van der Waals surface area contributed by atoms with Crippen LogP contribution in [0.3, 0.4) is 0 Å². The second kappa shape index (κ2) is 7.47. The molecule has 0 spiro atoms. The zero-order valence-corrected chi connectivity index (χ0v) is 12.8. The van der Waals surface area contributed by atoms with Gasteiger partial charge in [0.25, 0.3) is 0 Å². The average Bonchev–Trinajstić information content (AvgIpc) is 2.93. The van der Waals surface area contributed by atoms with Gasteiger partial charge in [-0.3, -0.25) is 4.79 Å². The molecule has 0 unspecified atom stereocenters. The van der Waals surface area contributed by atoms with E-state index in [9.17, 15) is 4.79 Å². The van der Waals surface area contributed by atoms with Crippen molar-refractivity contribution < 1.29 is 4.79 Å². The Morgan fingerprint density at radius 2 is 1.85 bits per heavy atom. The lowest BCUT2D eigenvalue weighted by molar-refractivity contribution is -0.134. The fourth-order valence-electron chi connectivity index (χ4n) is 3.09. The summed E-state index contributed by atoms with van der Waals surface area (Å²) in [7, 11) is 0. The van der Waals surface area contributed by atoms with Crippen LogP contribution in [0.2, 0.25) is 0 Å². The van der Waals surface area contributed by atoms with Gasteiger partial charge in [-0.25, -0.2) is 0 Å². The van der Waals surface area contributed by atoms with Gasteiger partial charge in [-0.15, -0.1) is 0 Å². The van der Waals surface area contributed by atoms with Crippen LogP contribution in [-0.4, -0.2) is 23.4 Å². The predicted molar refractivity (Wildman–Crippen MR) is 83.6 cm³/mol. The van der Waals surface area contributed by atoms with E-state index in [2.05, 4.69) is 43.0 Å². The van der Waals surface area contributed by atoms with E-state index in [0.717, 1.165) is 13.0 Å². The van der Waals surface area contributed by atoms with E-state index < -0.39 is 0 Å².